The van der Waals surface area contributed by atoms with E-state index in [1.54, 1.807) is 0 Å². The lowest BCUT2D eigenvalue weighted by Gasteiger charge is -2.11. The molecule has 4 rings (SSSR count). The zero-order valence-electron chi connectivity index (χ0n) is 12.4. The molecule has 0 saturated heterocycles. The Balaban J connectivity index is 1.96. The lowest BCUT2D eigenvalue weighted by Crippen LogP contribution is -2.17. The van der Waals surface area contributed by atoms with Gasteiger partial charge in [0, 0.05) is 42.7 Å². The zero-order chi connectivity index (χ0) is 14.2. The van der Waals surface area contributed by atoms with Gasteiger partial charge in [0.05, 0.1) is 5.52 Å². The van der Waals surface area contributed by atoms with Crippen molar-refractivity contribution in [3.8, 4) is 11.1 Å². The van der Waals surface area contributed by atoms with E-state index < -0.39 is 0 Å². The number of fused-ring (bicyclic) bond motifs is 3. The molecule has 3 aromatic rings. The highest BCUT2D eigenvalue weighted by Crippen LogP contribution is 2.31. The average molecular weight is 276 g/mol. The molecular formula is C19H20N2. The van der Waals surface area contributed by atoms with E-state index >= 15 is 0 Å². The fourth-order valence-electron chi connectivity index (χ4n) is 3.34. The van der Waals surface area contributed by atoms with Gasteiger partial charge in [-0.15, -0.1) is 0 Å². The average Bonchev–Trinajstić information content (AvgIpc) is 2.70. The molecule has 2 aromatic carbocycles. The third kappa shape index (κ3) is 2.16. The largest absolute Gasteiger partial charge is 0.343 e. The Kier molecular flexibility index (Phi) is 3.04. The Labute approximate surface area is 125 Å². The van der Waals surface area contributed by atoms with Crippen LogP contribution in [0.3, 0.4) is 0 Å². The maximum Gasteiger partial charge on any atom is 0.0562 e. The number of benzene rings is 2. The summed E-state index contributed by atoms with van der Waals surface area (Å²) in [4.78, 5) is 0. The van der Waals surface area contributed by atoms with Crippen molar-refractivity contribution < 1.29 is 0 Å². The zero-order valence-corrected chi connectivity index (χ0v) is 12.4. The molecule has 0 unspecified atom stereocenters. The minimum absolute atomic E-state index is 1.05. The molecular weight excluding hydrogens is 256 g/mol. The summed E-state index contributed by atoms with van der Waals surface area (Å²) in [6, 6.07) is 17.9. The van der Waals surface area contributed by atoms with Gasteiger partial charge < -0.3 is 9.88 Å². The smallest absolute Gasteiger partial charge is 0.0562 e. The first-order valence-electron chi connectivity index (χ1n) is 7.72. The molecule has 2 nitrogen and oxygen atoms in total. The maximum absolute atomic E-state index is 3.49. The first-order chi connectivity index (χ1) is 10.3. The van der Waals surface area contributed by atoms with Crippen molar-refractivity contribution in [1.82, 2.24) is 9.88 Å². The second-order valence-electron chi connectivity index (χ2n) is 5.90. The number of rotatable bonds is 1. The first kappa shape index (κ1) is 12.7. The summed E-state index contributed by atoms with van der Waals surface area (Å²) in [5, 5.41) is 4.86. The number of nitrogens with one attached hydrogen (secondary N) is 1. The van der Waals surface area contributed by atoms with Crippen LogP contribution in [0.5, 0.6) is 0 Å². The maximum atomic E-state index is 3.49. The predicted molar refractivity (Wildman–Crippen MR) is 88.7 cm³/mol. The van der Waals surface area contributed by atoms with Gasteiger partial charge in [-0.2, -0.15) is 0 Å². The van der Waals surface area contributed by atoms with Gasteiger partial charge in [-0.3, -0.25) is 0 Å². The van der Waals surface area contributed by atoms with E-state index in [-0.39, 0.29) is 0 Å². The molecule has 0 saturated carbocycles. The van der Waals surface area contributed by atoms with Gasteiger partial charge in [-0.25, -0.2) is 0 Å². The lowest BCUT2D eigenvalue weighted by atomic mass is 10.0. The Morgan fingerprint density at radius 2 is 1.86 bits per heavy atom. The van der Waals surface area contributed by atoms with E-state index in [0.29, 0.717) is 0 Å². The summed E-state index contributed by atoms with van der Waals surface area (Å²) < 4.78 is 2.50. The summed E-state index contributed by atoms with van der Waals surface area (Å²) in [6.07, 6.45) is 1.11. The van der Waals surface area contributed by atoms with Crippen LogP contribution in [-0.4, -0.2) is 17.7 Å². The van der Waals surface area contributed by atoms with Crippen LogP contribution in [0.25, 0.3) is 22.0 Å². The number of aryl methyl sites for hydroxylation is 1. The Morgan fingerprint density at radius 3 is 2.71 bits per heavy atom. The molecule has 0 atom stereocenters. The fourth-order valence-corrected chi connectivity index (χ4v) is 3.34. The van der Waals surface area contributed by atoms with E-state index in [1.165, 1.54) is 33.3 Å². The second-order valence-corrected chi connectivity index (χ2v) is 5.90. The van der Waals surface area contributed by atoms with Crippen LogP contribution in [0.4, 0.5) is 0 Å². The normalized spacial score (nSPS) is 14.9. The van der Waals surface area contributed by atoms with E-state index in [0.717, 1.165) is 26.1 Å². The van der Waals surface area contributed by atoms with Gasteiger partial charge in [0.15, 0.2) is 0 Å². The molecule has 1 aliphatic rings. The van der Waals surface area contributed by atoms with Gasteiger partial charge in [0.25, 0.3) is 0 Å². The highest BCUT2D eigenvalue weighted by Gasteiger charge is 2.14. The molecule has 2 heteroatoms. The van der Waals surface area contributed by atoms with E-state index in [4.69, 9.17) is 0 Å². The lowest BCUT2D eigenvalue weighted by molar-refractivity contribution is 0.658. The first-order valence-corrected chi connectivity index (χ1v) is 7.72. The molecule has 0 amide bonds. The molecule has 106 valence electrons. The predicted octanol–water partition coefficient (Wildman–Crippen LogP) is 3.76. The van der Waals surface area contributed by atoms with Crippen LogP contribution in [-0.2, 0) is 13.0 Å². The third-order valence-electron chi connectivity index (χ3n) is 4.44. The van der Waals surface area contributed by atoms with E-state index in [9.17, 15) is 0 Å². The van der Waals surface area contributed by atoms with Crippen molar-refractivity contribution in [3.05, 3.63) is 59.8 Å². The molecule has 0 fully saturated rings. The van der Waals surface area contributed by atoms with E-state index in [2.05, 4.69) is 65.3 Å². The fraction of sp³-hybridized carbons (Fsp3) is 0.263. The highest BCUT2D eigenvalue weighted by atomic mass is 15.0. The van der Waals surface area contributed by atoms with Crippen LogP contribution in [0.1, 0.15) is 11.3 Å². The minimum Gasteiger partial charge on any atom is -0.343 e. The molecule has 1 aromatic heterocycles. The van der Waals surface area contributed by atoms with Crippen LogP contribution < -0.4 is 5.32 Å². The molecule has 1 N–H and O–H groups in total. The Morgan fingerprint density at radius 1 is 1.00 bits per heavy atom. The molecule has 0 aliphatic carbocycles. The van der Waals surface area contributed by atoms with Crippen LogP contribution in [0.15, 0.2) is 48.5 Å². The van der Waals surface area contributed by atoms with Gasteiger partial charge in [-0.05, 0) is 18.6 Å². The molecule has 0 radical (unpaired) electrons. The highest BCUT2D eigenvalue weighted by molar-refractivity contribution is 5.95. The van der Waals surface area contributed by atoms with Crippen LogP contribution in [0, 0.1) is 6.92 Å². The molecule has 21 heavy (non-hydrogen) atoms. The number of hydrogen-bond donors (Lipinski definition) is 1. The molecule has 1 aliphatic heterocycles. The molecule has 0 spiro atoms. The van der Waals surface area contributed by atoms with Gasteiger partial charge >= 0.3 is 0 Å². The SMILES string of the molecule is Cc1ccc(-c2cccc3cc4n(c23)CCNCC4)cc1. The van der Waals surface area contributed by atoms with Gasteiger partial charge in [0.2, 0.25) is 0 Å². The van der Waals surface area contributed by atoms with Crippen LogP contribution in [0.2, 0.25) is 0 Å². The standard InChI is InChI=1S/C19H20N2/c1-14-5-7-15(8-6-14)18-4-2-3-16-13-17-9-10-20-11-12-21(17)19(16)18/h2-8,13,20H,9-12H2,1H3. The van der Waals surface area contributed by atoms with Crippen molar-refractivity contribution in [2.24, 2.45) is 0 Å². The summed E-state index contributed by atoms with van der Waals surface area (Å²) in [5.74, 6) is 0. The third-order valence-corrected chi connectivity index (χ3v) is 4.44. The van der Waals surface area contributed by atoms with Gasteiger partial charge in [-0.1, -0.05) is 48.0 Å². The van der Waals surface area contributed by atoms with Crippen molar-refractivity contribution in [2.45, 2.75) is 19.9 Å². The minimum atomic E-state index is 1.05. The van der Waals surface area contributed by atoms with E-state index in [1.807, 2.05) is 0 Å². The van der Waals surface area contributed by atoms with Crippen LogP contribution >= 0.6 is 0 Å². The van der Waals surface area contributed by atoms with Crippen molar-refractivity contribution in [1.29, 1.82) is 0 Å². The summed E-state index contributed by atoms with van der Waals surface area (Å²) in [5.41, 5.74) is 6.81. The Bertz CT molecular complexity index is 781. The quantitative estimate of drug-likeness (QED) is 0.716. The van der Waals surface area contributed by atoms with Crippen molar-refractivity contribution in [3.63, 3.8) is 0 Å². The molecule has 0 bridgehead atoms. The van der Waals surface area contributed by atoms with Crippen molar-refractivity contribution in [2.75, 3.05) is 13.1 Å². The second kappa shape index (κ2) is 5.05. The molecule has 2 heterocycles. The Hall–Kier alpha value is -2.06. The summed E-state index contributed by atoms with van der Waals surface area (Å²) in [6.45, 7) is 5.33. The van der Waals surface area contributed by atoms with Gasteiger partial charge in [0.1, 0.15) is 0 Å². The number of nitrogens with zero attached hydrogens (tertiary/aromatic N) is 1. The number of para-hydroxylation sites is 1. The summed E-state index contributed by atoms with van der Waals surface area (Å²) >= 11 is 0. The number of aromatic nitrogens is 1. The summed E-state index contributed by atoms with van der Waals surface area (Å²) in [7, 11) is 0. The van der Waals surface area contributed by atoms with Crippen molar-refractivity contribution >= 4 is 10.9 Å². The topological polar surface area (TPSA) is 17.0 Å². The number of hydrogen-bond acceptors (Lipinski definition) is 1. The monoisotopic (exact) mass is 276 g/mol.